The number of nitrogens with one attached hydrogen (secondary N) is 1. The van der Waals surface area contributed by atoms with E-state index < -0.39 is 16.5 Å². The van der Waals surface area contributed by atoms with Crippen LogP contribution in [0.3, 0.4) is 0 Å². The van der Waals surface area contributed by atoms with Crippen LogP contribution in [-0.4, -0.2) is 16.5 Å². The second kappa shape index (κ2) is 5.26. The van der Waals surface area contributed by atoms with Crippen molar-refractivity contribution in [2.45, 2.75) is 0 Å². The van der Waals surface area contributed by atoms with Crippen molar-refractivity contribution in [3.8, 4) is 0 Å². The largest absolute Gasteiger partial charge is 0.334 e. The second-order valence-corrected chi connectivity index (χ2v) is 8.15. The van der Waals surface area contributed by atoms with E-state index in [0.29, 0.717) is 0 Å². The topological polar surface area (TPSA) is 12.0 Å². The van der Waals surface area contributed by atoms with Crippen LogP contribution in [0.1, 0.15) is 0 Å². The maximum Gasteiger partial charge on any atom is 0.229 e. The van der Waals surface area contributed by atoms with Gasteiger partial charge in [0.1, 0.15) is 0 Å². The van der Waals surface area contributed by atoms with Gasteiger partial charge < -0.3 is 4.65 Å². The van der Waals surface area contributed by atoms with Gasteiger partial charge in [-0.25, -0.2) is 0 Å². The Kier molecular flexibility index (Phi) is 5.52. The molecule has 0 radical (unpaired) electrons. The molecular formula is C4H9Cl2NSi2. The SMILES string of the molecule is C=C[SiH](Cl)N[SiH](Cl)C=C. The summed E-state index contributed by atoms with van der Waals surface area (Å²) in [6, 6.07) is 0. The van der Waals surface area contributed by atoms with E-state index in [1.165, 1.54) is 0 Å². The van der Waals surface area contributed by atoms with Gasteiger partial charge in [0.2, 0.25) is 16.5 Å². The van der Waals surface area contributed by atoms with Gasteiger partial charge in [-0.15, -0.1) is 35.3 Å². The lowest BCUT2D eigenvalue weighted by Crippen LogP contribution is -2.36. The van der Waals surface area contributed by atoms with Crippen molar-refractivity contribution < 1.29 is 0 Å². The summed E-state index contributed by atoms with van der Waals surface area (Å²) in [7, 11) is -2.82. The van der Waals surface area contributed by atoms with Crippen molar-refractivity contribution in [1.82, 2.24) is 4.65 Å². The first kappa shape index (κ1) is 9.45. The van der Waals surface area contributed by atoms with E-state index in [9.17, 15) is 0 Å². The molecule has 0 fully saturated rings. The quantitative estimate of drug-likeness (QED) is 0.523. The van der Waals surface area contributed by atoms with Crippen molar-refractivity contribution in [1.29, 1.82) is 0 Å². The number of hydrogen-bond donors (Lipinski definition) is 1. The lowest BCUT2D eigenvalue weighted by molar-refractivity contribution is 1.58. The normalized spacial score (nSPS) is 16.2. The monoisotopic (exact) mass is 197 g/mol. The Morgan fingerprint density at radius 2 is 1.44 bits per heavy atom. The lowest BCUT2D eigenvalue weighted by Gasteiger charge is -2.05. The number of rotatable bonds is 4. The van der Waals surface area contributed by atoms with Gasteiger partial charge in [0.25, 0.3) is 0 Å². The average molecular weight is 198 g/mol. The van der Waals surface area contributed by atoms with Gasteiger partial charge in [-0.3, -0.25) is 0 Å². The maximum absolute atomic E-state index is 5.75. The summed E-state index contributed by atoms with van der Waals surface area (Å²) in [6.45, 7) is 7.09. The summed E-state index contributed by atoms with van der Waals surface area (Å²) in [6.07, 6.45) is 0. The van der Waals surface area contributed by atoms with Crippen LogP contribution in [-0.2, 0) is 0 Å². The fraction of sp³-hybridized carbons (Fsp3) is 0. The fourth-order valence-electron chi connectivity index (χ4n) is 0.288. The van der Waals surface area contributed by atoms with Gasteiger partial charge in [-0.2, -0.15) is 0 Å². The Balaban J connectivity index is 3.45. The Bertz CT molecular complexity index is 96.7. The number of hydrogen-bond acceptors (Lipinski definition) is 1. The van der Waals surface area contributed by atoms with Crippen LogP contribution in [0, 0.1) is 0 Å². The van der Waals surface area contributed by atoms with Gasteiger partial charge in [0, 0.05) is 0 Å². The van der Waals surface area contributed by atoms with E-state index in [1.807, 2.05) is 0 Å². The Morgan fingerprint density at radius 1 is 1.11 bits per heavy atom. The maximum atomic E-state index is 5.75. The van der Waals surface area contributed by atoms with Crippen molar-refractivity contribution in [2.24, 2.45) is 0 Å². The van der Waals surface area contributed by atoms with E-state index in [0.717, 1.165) is 0 Å². The molecule has 0 aromatic rings. The van der Waals surface area contributed by atoms with Crippen molar-refractivity contribution in [2.75, 3.05) is 0 Å². The van der Waals surface area contributed by atoms with Gasteiger partial charge in [-0.05, 0) is 0 Å². The summed E-state index contributed by atoms with van der Waals surface area (Å²) in [5.41, 5.74) is 3.46. The zero-order chi connectivity index (χ0) is 7.28. The predicted octanol–water partition coefficient (Wildman–Crippen LogP) is 0.945. The van der Waals surface area contributed by atoms with Gasteiger partial charge in [-0.1, -0.05) is 11.4 Å². The molecule has 9 heavy (non-hydrogen) atoms. The molecule has 1 nitrogen and oxygen atoms in total. The molecular weight excluding hydrogens is 189 g/mol. The zero-order valence-electron chi connectivity index (χ0n) is 4.98. The van der Waals surface area contributed by atoms with Crippen LogP contribution in [0.2, 0.25) is 0 Å². The summed E-state index contributed by atoms with van der Waals surface area (Å²) >= 11 is 11.5. The van der Waals surface area contributed by atoms with E-state index in [-0.39, 0.29) is 0 Å². The molecule has 0 aliphatic heterocycles. The molecule has 0 saturated carbocycles. The molecule has 0 aromatic carbocycles. The first-order valence-electron chi connectivity index (χ1n) is 2.50. The summed E-state index contributed by atoms with van der Waals surface area (Å²) < 4.78 is 3.05. The van der Waals surface area contributed by atoms with Gasteiger partial charge >= 0.3 is 0 Å². The molecule has 0 spiro atoms. The molecule has 1 N–H and O–H groups in total. The molecule has 0 aliphatic rings. The predicted molar refractivity (Wildman–Crippen MR) is 49.5 cm³/mol. The molecule has 2 atom stereocenters. The highest BCUT2D eigenvalue weighted by Crippen LogP contribution is 1.90. The Labute approximate surface area is 68.1 Å². The lowest BCUT2D eigenvalue weighted by atomic mass is 11.3. The van der Waals surface area contributed by atoms with Crippen LogP contribution in [0.25, 0.3) is 0 Å². The van der Waals surface area contributed by atoms with E-state index in [1.54, 1.807) is 11.4 Å². The second-order valence-electron chi connectivity index (χ2n) is 1.44. The zero-order valence-corrected chi connectivity index (χ0v) is 8.80. The highest BCUT2D eigenvalue weighted by Gasteiger charge is 2.05. The highest BCUT2D eigenvalue weighted by molar-refractivity contribution is 7.19. The minimum Gasteiger partial charge on any atom is -0.334 e. The van der Waals surface area contributed by atoms with E-state index in [4.69, 9.17) is 22.2 Å². The van der Waals surface area contributed by atoms with Crippen molar-refractivity contribution in [3.63, 3.8) is 0 Å². The van der Waals surface area contributed by atoms with Gasteiger partial charge in [0.05, 0.1) is 0 Å². The molecule has 52 valence electrons. The Morgan fingerprint density at radius 3 is 1.67 bits per heavy atom. The molecule has 0 aliphatic carbocycles. The Hall–Kier alpha value is 0.454. The third kappa shape index (κ3) is 4.93. The summed E-state index contributed by atoms with van der Waals surface area (Å²) in [5, 5.41) is 0. The minimum absolute atomic E-state index is 1.41. The van der Waals surface area contributed by atoms with Crippen LogP contribution in [0.4, 0.5) is 0 Å². The summed E-state index contributed by atoms with van der Waals surface area (Å²) in [4.78, 5) is 0. The minimum atomic E-state index is -1.41. The summed E-state index contributed by atoms with van der Waals surface area (Å²) in [5.74, 6) is 0. The molecule has 5 heteroatoms. The van der Waals surface area contributed by atoms with E-state index >= 15 is 0 Å². The van der Waals surface area contributed by atoms with Gasteiger partial charge in [0.15, 0.2) is 0 Å². The molecule has 0 saturated heterocycles. The fourth-order valence-corrected chi connectivity index (χ4v) is 5.62. The van der Waals surface area contributed by atoms with Crippen molar-refractivity contribution >= 4 is 38.7 Å². The average Bonchev–Trinajstić information content (AvgIpc) is 1.87. The number of halogens is 2. The van der Waals surface area contributed by atoms with Crippen LogP contribution < -0.4 is 4.65 Å². The molecule has 0 bridgehead atoms. The standard InChI is InChI=1S/C4H9Cl2NSi2/c1-3-8(5)7-9(6)4-2/h3-4,7-9H,1-2H2. The molecule has 0 rings (SSSR count). The molecule has 0 aromatic heterocycles. The third-order valence-corrected chi connectivity index (χ3v) is 7.44. The molecule has 2 unspecified atom stereocenters. The van der Waals surface area contributed by atoms with Crippen molar-refractivity contribution in [3.05, 3.63) is 24.6 Å². The first-order valence-corrected chi connectivity index (χ1v) is 8.48. The highest BCUT2D eigenvalue weighted by atomic mass is 35.6. The smallest absolute Gasteiger partial charge is 0.229 e. The van der Waals surface area contributed by atoms with Crippen LogP contribution in [0.5, 0.6) is 0 Å². The first-order chi connectivity index (χ1) is 4.20. The van der Waals surface area contributed by atoms with E-state index in [2.05, 4.69) is 17.8 Å². The molecule has 0 heterocycles. The van der Waals surface area contributed by atoms with Crippen LogP contribution in [0.15, 0.2) is 24.6 Å². The van der Waals surface area contributed by atoms with Crippen LogP contribution >= 0.6 is 22.2 Å². The third-order valence-electron chi connectivity index (χ3n) is 0.732. The molecule has 0 amide bonds.